The van der Waals surface area contributed by atoms with Gasteiger partial charge in [0.05, 0.1) is 0 Å². The topological polar surface area (TPSA) is 27.3 Å². The number of rotatable bonds is 0. The average Bonchev–Trinajstić information content (AvgIpc) is 2.33. The van der Waals surface area contributed by atoms with Gasteiger partial charge in [-0.1, -0.05) is 6.08 Å². The fourth-order valence-corrected chi connectivity index (χ4v) is 1.06. The van der Waals surface area contributed by atoms with Crippen LogP contribution < -0.4 is 4.98 Å². The molecular weight excluding hydrogens is 114 g/mol. The zero-order valence-electron chi connectivity index (χ0n) is 5.05. The zero-order chi connectivity index (χ0) is 6.10. The van der Waals surface area contributed by atoms with Gasteiger partial charge < -0.3 is 4.42 Å². The molecule has 46 valence electrons. The van der Waals surface area contributed by atoms with E-state index in [0.29, 0.717) is 0 Å². The van der Waals surface area contributed by atoms with Crippen LogP contribution >= 0.6 is 0 Å². The Morgan fingerprint density at radius 1 is 1.56 bits per heavy atom. The summed E-state index contributed by atoms with van der Waals surface area (Å²) in [5, 5.41) is 0. The molecule has 1 N–H and O–H groups in total. The number of nitrogens with one attached hydrogen (secondary N) is 1. The molecule has 0 radical (unpaired) electrons. The van der Waals surface area contributed by atoms with E-state index in [4.69, 9.17) is 4.42 Å². The van der Waals surface area contributed by atoms with Crippen molar-refractivity contribution in [1.29, 1.82) is 0 Å². The summed E-state index contributed by atoms with van der Waals surface area (Å²) < 4.78 is 5.11. The molecule has 1 aromatic rings. The summed E-state index contributed by atoms with van der Waals surface area (Å²) in [4.78, 5) is 3.04. The molecule has 0 bridgehead atoms. The molecule has 1 heterocycles. The van der Waals surface area contributed by atoms with Crippen LogP contribution in [-0.4, -0.2) is 0 Å². The second kappa shape index (κ2) is 1.72. The van der Waals surface area contributed by atoms with Crippen molar-refractivity contribution in [3.63, 3.8) is 0 Å². The van der Waals surface area contributed by atoms with Crippen LogP contribution in [0, 0.1) is 0 Å². The maximum absolute atomic E-state index is 5.11. The van der Waals surface area contributed by atoms with Gasteiger partial charge in [0, 0.05) is 6.42 Å². The molecule has 9 heavy (non-hydrogen) atoms. The van der Waals surface area contributed by atoms with Crippen LogP contribution in [0.4, 0.5) is 0 Å². The lowest BCUT2D eigenvalue weighted by molar-refractivity contribution is -0.394. The number of aryl methyl sites for hydroxylation is 1. The number of H-pyrrole nitrogens is 1. The minimum absolute atomic E-state index is 0.987. The van der Waals surface area contributed by atoms with E-state index in [0.717, 1.165) is 18.6 Å². The maximum atomic E-state index is 5.11. The first-order valence-corrected chi connectivity index (χ1v) is 3.11. The molecule has 0 amide bonds. The van der Waals surface area contributed by atoms with E-state index in [1.165, 1.54) is 5.69 Å². The number of aromatic nitrogens is 1. The van der Waals surface area contributed by atoms with E-state index in [2.05, 4.69) is 11.1 Å². The van der Waals surface area contributed by atoms with Crippen molar-refractivity contribution in [3.05, 3.63) is 23.9 Å². The highest BCUT2D eigenvalue weighted by Gasteiger charge is 2.12. The highest BCUT2D eigenvalue weighted by atomic mass is 16.3. The summed E-state index contributed by atoms with van der Waals surface area (Å²) in [6.07, 6.45) is 7.97. The Balaban J connectivity index is 2.53. The molecule has 2 heteroatoms. The van der Waals surface area contributed by atoms with E-state index in [1.807, 2.05) is 6.08 Å². The van der Waals surface area contributed by atoms with E-state index in [9.17, 15) is 0 Å². The molecule has 1 aliphatic carbocycles. The van der Waals surface area contributed by atoms with Crippen LogP contribution in [-0.2, 0) is 6.42 Å². The van der Waals surface area contributed by atoms with Crippen molar-refractivity contribution in [2.45, 2.75) is 12.8 Å². The Morgan fingerprint density at radius 3 is 3.44 bits per heavy atom. The Labute approximate surface area is 53.2 Å². The normalized spacial score (nSPS) is 15.6. The van der Waals surface area contributed by atoms with Crippen LogP contribution in [0.1, 0.15) is 17.9 Å². The quantitative estimate of drug-likeness (QED) is 0.505. The largest absolute Gasteiger partial charge is 0.404 e. The predicted octanol–water partition coefficient (Wildman–Crippen LogP) is 1.05. The van der Waals surface area contributed by atoms with Gasteiger partial charge >= 0.3 is 6.39 Å². The third-order valence-corrected chi connectivity index (χ3v) is 1.55. The molecule has 0 atom stereocenters. The fraction of sp³-hybridized carbons (Fsp3) is 0.286. The second-order valence-electron chi connectivity index (χ2n) is 2.16. The highest BCUT2D eigenvalue weighted by Crippen LogP contribution is 2.13. The molecule has 0 saturated heterocycles. The molecule has 0 fully saturated rings. The lowest BCUT2D eigenvalue weighted by Gasteiger charge is -1.93. The summed E-state index contributed by atoms with van der Waals surface area (Å²) in [6.45, 7) is 0. The summed E-state index contributed by atoms with van der Waals surface area (Å²) in [7, 11) is 0. The molecule has 2 nitrogen and oxygen atoms in total. The first kappa shape index (κ1) is 4.79. The number of fused-ring (bicyclic) bond motifs is 1. The molecule has 0 unspecified atom stereocenters. The summed E-state index contributed by atoms with van der Waals surface area (Å²) in [5.74, 6) is 0.987. The van der Waals surface area contributed by atoms with Gasteiger partial charge in [0.15, 0.2) is 5.76 Å². The lowest BCUT2D eigenvalue weighted by Crippen LogP contribution is -2.06. The van der Waals surface area contributed by atoms with E-state index < -0.39 is 0 Å². The Morgan fingerprint density at radius 2 is 2.56 bits per heavy atom. The van der Waals surface area contributed by atoms with Crippen molar-refractivity contribution in [2.75, 3.05) is 0 Å². The van der Waals surface area contributed by atoms with Gasteiger partial charge in [-0.25, -0.2) is 0 Å². The van der Waals surface area contributed by atoms with Crippen molar-refractivity contribution in [1.82, 2.24) is 0 Å². The molecular formula is C7H8NO+. The molecule has 0 saturated carbocycles. The molecule has 0 aliphatic heterocycles. The number of hydrogen-bond acceptors (Lipinski definition) is 1. The van der Waals surface area contributed by atoms with E-state index in [1.54, 1.807) is 6.39 Å². The van der Waals surface area contributed by atoms with Crippen molar-refractivity contribution >= 4 is 6.08 Å². The van der Waals surface area contributed by atoms with E-state index in [-0.39, 0.29) is 0 Å². The number of hydrogen-bond donors (Lipinski definition) is 0. The average molecular weight is 122 g/mol. The van der Waals surface area contributed by atoms with Gasteiger partial charge in [0.2, 0.25) is 5.69 Å². The third kappa shape index (κ3) is 0.669. The monoisotopic (exact) mass is 122 g/mol. The first-order valence-electron chi connectivity index (χ1n) is 3.11. The van der Waals surface area contributed by atoms with Gasteiger partial charge in [-0.15, -0.1) is 0 Å². The van der Waals surface area contributed by atoms with E-state index >= 15 is 0 Å². The van der Waals surface area contributed by atoms with Gasteiger partial charge in [-0.3, -0.25) is 0 Å². The summed E-state index contributed by atoms with van der Waals surface area (Å²) in [5.41, 5.74) is 1.22. The SMILES string of the molecule is C1=Cc2oc[nH+]c2CC1. The van der Waals surface area contributed by atoms with Crippen LogP contribution in [0.5, 0.6) is 0 Å². The Bertz CT molecular complexity index is 237. The number of aromatic amines is 1. The van der Waals surface area contributed by atoms with Crippen molar-refractivity contribution in [2.24, 2.45) is 0 Å². The smallest absolute Gasteiger partial charge is 0.333 e. The third-order valence-electron chi connectivity index (χ3n) is 1.55. The van der Waals surface area contributed by atoms with Crippen molar-refractivity contribution < 1.29 is 9.40 Å². The molecule has 0 spiro atoms. The first-order chi connectivity index (χ1) is 4.47. The Kier molecular flexibility index (Phi) is 0.918. The minimum Gasteiger partial charge on any atom is -0.404 e. The minimum atomic E-state index is 0.987. The van der Waals surface area contributed by atoms with Crippen LogP contribution in [0.15, 0.2) is 16.9 Å². The lowest BCUT2D eigenvalue weighted by atomic mass is 10.1. The summed E-state index contributed by atoms with van der Waals surface area (Å²) in [6, 6.07) is 0. The van der Waals surface area contributed by atoms with Gasteiger partial charge in [-0.05, 0) is 12.5 Å². The maximum Gasteiger partial charge on any atom is 0.333 e. The standard InChI is InChI=1S/C7H7NO/c1-2-4-7-6(3-1)8-5-9-7/h2,4-5H,1,3H2/p+1. The van der Waals surface area contributed by atoms with Crippen LogP contribution in [0.3, 0.4) is 0 Å². The van der Waals surface area contributed by atoms with Gasteiger partial charge in [0.1, 0.15) is 0 Å². The Hall–Kier alpha value is -1.05. The molecule has 1 aromatic heterocycles. The summed E-state index contributed by atoms with van der Waals surface area (Å²) >= 11 is 0. The van der Waals surface area contributed by atoms with Gasteiger partial charge in [-0.2, -0.15) is 4.98 Å². The molecule has 1 aliphatic rings. The van der Waals surface area contributed by atoms with Crippen molar-refractivity contribution in [3.8, 4) is 0 Å². The van der Waals surface area contributed by atoms with Crippen LogP contribution in [0.2, 0.25) is 0 Å². The number of oxazole rings is 1. The fourth-order valence-electron chi connectivity index (χ4n) is 1.06. The molecule has 0 aromatic carbocycles. The zero-order valence-corrected chi connectivity index (χ0v) is 5.05. The second-order valence-corrected chi connectivity index (χ2v) is 2.16. The number of allylic oxidation sites excluding steroid dienone is 1. The van der Waals surface area contributed by atoms with Gasteiger partial charge in [0.25, 0.3) is 0 Å². The highest BCUT2D eigenvalue weighted by molar-refractivity contribution is 5.46. The van der Waals surface area contributed by atoms with Crippen LogP contribution in [0.25, 0.3) is 6.08 Å². The molecule has 2 rings (SSSR count). The predicted molar refractivity (Wildman–Crippen MR) is 32.6 cm³/mol.